The third-order valence-corrected chi connectivity index (χ3v) is 5.26. The third-order valence-electron chi connectivity index (χ3n) is 2.51. The second kappa shape index (κ2) is 4.06. The molecule has 0 aliphatic carbocycles. The van der Waals surface area contributed by atoms with Crippen molar-refractivity contribution in [1.29, 1.82) is 0 Å². The number of nitrogens with zero attached hydrogens (tertiary/aromatic N) is 4. The Hall–Kier alpha value is -0.510. The fraction of sp³-hybridized carbons (Fsp3) is 0.714. The van der Waals surface area contributed by atoms with Crippen molar-refractivity contribution >= 4 is 26.0 Å². The lowest BCUT2D eigenvalue weighted by Crippen LogP contribution is -2.33. The van der Waals surface area contributed by atoms with E-state index in [0.29, 0.717) is 19.5 Å². The van der Waals surface area contributed by atoms with Crippen LogP contribution in [0.5, 0.6) is 0 Å². The van der Waals surface area contributed by atoms with Crippen molar-refractivity contribution in [3.05, 3.63) is 4.60 Å². The Kier molecular flexibility index (Phi) is 3.03. The summed E-state index contributed by atoms with van der Waals surface area (Å²) in [6.07, 6.45) is 0.683. The maximum atomic E-state index is 12.2. The van der Waals surface area contributed by atoms with Crippen LogP contribution in [0.2, 0.25) is 0 Å². The average molecular weight is 310 g/mol. The fourth-order valence-electron chi connectivity index (χ4n) is 1.69. The second-order valence-electron chi connectivity index (χ2n) is 3.72. The van der Waals surface area contributed by atoms with Crippen LogP contribution in [-0.2, 0) is 17.1 Å². The lowest BCUT2D eigenvalue weighted by molar-refractivity contribution is 0.462. The summed E-state index contributed by atoms with van der Waals surface area (Å²) < 4.78 is 27.3. The van der Waals surface area contributed by atoms with Gasteiger partial charge in [-0.2, -0.15) is 4.31 Å². The minimum absolute atomic E-state index is 0.0709. The van der Waals surface area contributed by atoms with Gasteiger partial charge in [-0.15, -0.1) is 5.10 Å². The normalized spacial score (nSPS) is 22.8. The molecule has 2 N–H and O–H groups in total. The summed E-state index contributed by atoms with van der Waals surface area (Å²) in [5.74, 6) is 0. The first-order valence-electron chi connectivity index (χ1n) is 4.74. The predicted molar refractivity (Wildman–Crippen MR) is 60.1 cm³/mol. The van der Waals surface area contributed by atoms with Gasteiger partial charge < -0.3 is 5.73 Å². The molecule has 0 aromatic carbocycles. The van der Waals surface area contributed by atoms with E-state index in [1.807, 2.05) is 0 Å². The van der Waals surface area contributed by atoms with Crippen LogP contribution < -0.4 is 5.73 Å². The Labute approximate surface area is 102 Å². The second-order valence-corrected chi connectivity index (χ2v) is 6.33. The molecule has 1 saturated heterocycles. The van der Waals surface area contributed by atoms with Crippen molar-refractivity contribution in [2.75, 3.05) is 13.1 Å². The summed E-state index contributed by atoms with van der Waals surface area (Å²) >= 11 is 3.08. The number of hydrogen-bond acceptors (Lipinski definition) is 5. The van der Waals surface area contributed by atoms with Crippen molar-refractivity contribution in [3.8, 4) is 0 Å². The monoisotopic (exact) mass is 309 g/mol. The van der Waals surface area contributed by atoms with E-state index in [1.165, 1.54) is 8.99 Å². The highest BCUT2D eigenvalue weighted by Gasteiger charge is 2.35. The summed E-state index contributed by atoms with van der Waals surface area (Å²) in [6, 6.07) is -0.0882. The van der Waals surface area contributed by atoms with E-state index in [-0.39, 0.29) is 15.7 Å². The summed E-state index contributed by atoms with van der Waals surface area (Å²) in [6.45, 7) is 0.793. The molecule has 16 heavy (non-hydrogen) atoms. The molecular formula is C7H12BrN5O2S. The number of sulfonamides is 1. The predicted octanol–water partition coefficient (Wildman–Crippen LogP) is -0.701. The number of aromatic nitrogens is 3. The highest BCUT2D eigenvalue weighted by Crippen LogP contribution is 2.24. The summed E-state index contributed by atoms with van der Waals surface area (Å²) in [7, 11) is -2.00. The first kappa shape index (κ1) is 12.0. The van der Waals surface area contributed by atoms with Crippen LogP contribution in [0.1, 0.15) is 6.42 Å². The molecule has 0 unspecified atom stereocenters. The van der Waals surface area contributed by atoms with Crippen molar-refractivity contribution in [1.82, 2.24) is 19.3 Å². The van der Waals surface area contributed by atoms with Crippen LogP contribution in [0.3, 0.4) is 0 Å². The topological polar surface area (TPSA) is 94.1 Å². The van der Waals surface area contributed by atoms with Gasteiger partial charge in [0.2, 0.25) is 5.03 Å². The Morgan fingerprint density at radius 2 is 2.25 bits per heavy atom. The van der Waals surface area contributed by atoms with Gasteiger partial charge in [-0.05, 0) is 22.4 Å². The van der Waals surface area contributed by atoms with Crippen molar-refractivity contribution in [2.24, 2.45) is 12.8 Å². The van der Waals surface area contributed by atoms with E-state index >= 15 is 0 Å². The molecule has 0 saturated carbocycles. The maximum Gasteiger partial charge on any atom is 0.263 e. The van der Waals surface area contributed by atoms with Crippen LogP contribution >= 0.6 is 15.9 Å². The molecule has 1 fully saturated rings. The van der Waals surface area contributed by atoms with Gasteiger partial charge in [0.1, 0.15) is 0 Å². The maximum absolute atomic E-state index is 12.2. The molecule has 0 spiro atoms. The van der Waals surface area contributed by atoms with E-state index in [9.17, 15) is 8.42 Å². The van der Waals surface area contributed by atoms with E-state index in [1.54, 1.807) is 7.05 Å². The number of nitrogens with two attached hydrogens (primary N) is 1. The quantitative estimate of drug-likeness (QED) is 0.779. The lowest BCUT2D eigenvalue weighted by Gasteiger charge is -2.15. The van der Waals surface area contributed by atoms with E-state index in [0.717, 1.165) is 0 Å². The molecule has 1 aromatic rings. The van der Waals surface area contributed by atoms with Crippen molar-refractivity contribution < 1.29 is 8.42 Å². The third kappa shape index (κ3) is 1.88. The zero-order valence-corrected chi connectivity index (χ0v) is 11.1. The molecule has 9 heteroatoms. The van der Waals surface area contributed by atoms with Crippen LogP contribution in [0.4, 0.5) is 0 Å². The molecule has 1 aromatic heterocycles. The minimum Gasteiger partial charge on any atom is -0.326 e. The van der Waals surface area contributed by atoms with Gasteiger partial charge in [-0.3, -0.25) is 0 Å². The first-order chi connectivity index (χ1) is 7.43. The van der Waals surface area contributed by atoms with Gasteiger partial charge in [0.15, 0.2) is 4.60 Å². The van der Waals surface area contributed by atoms with E-state index in [4.69, 9.17) is 5.73 Å². The van der Waals surface area contributed by atoms with Gasteiger partial charge in [0.05, 0.1) is 0 Å². The molecule has 2 rings (SSSR count). The highest BCUT2D eigenvalue weighted by molar-refractivity contribution is 9.10. The minimum atomic E-state index is -3.55. The van der Waals surface area contributed by atoms with Gasteiger partial charge in [0.25, 0.3) is 10.0 Å². The Morgan fingerprint density at radius 3 is 2.69 bits per heavy atom. The van der Waals surface area contributed by atoms with E-state index in [2.05, 4.69) is 26.2 Å². The molecular weight excluding hydrogens is 298 g/mol. The van der Waals surface area contributed by atoms with Gasteiger partial charge in [-0.25, -0.2) is 13.1 Å². The molecule has 7 nitrogen and oxygen atoms in total. The first-order valence-corrected chi connectivity index (χ1v) is 6.97. The van der Waals surface area contributed by atoms with Crippen LogP contribution in [-0.4, -0.2) is 46.8 Å². The zero-order valence-electron chi connectivity index (χ0n) is 8.67. The lowest BCUT2D eigenvalue weighted by atomic mass is 10.3. The molecule has 1 aliphatic rings. The molecule has 0 amide bonds. The molecule has 1 aliphatic heterocycles. The molecule has 1 atom stereocenters. The average Bonchev–Trinajstić information content (AvgIpc) is 2.74. The highest BCUT2D eigenvalue weighted by atomic mass is 79.9. The smallest absolute Gasteiger partial charge is 0.263 e. The Morgan fingerprint density at radius 1 is 1.56 bits per heavy atom. The van der Waals surface area contributed by atoms with Crippen LogP contribution in [0, 0.1) is 0 Å². The van der Waals surface area contributed by atoms with E-state index < -0.39 is 10.0 Å². The summed E-state index contributed by atoms with van der Waals surface area (Å²) in [5.41, 5.74) is 5.70. The van der Waals surface area contributed by atoms with Crippen LogP contribution in [0.15, 0.2) is 9.63 Å². The Bertz CT molecular complexity index is 479. The molecule has 0 bridgehead atoms. The number of halogens is 1. The summed E-state index contributed by atoms with van der Waals surface area (Å²) in [4.78, 5) is 0. The van der Waals surface area contributed by atoms with Crippen molar-refractivity contribution in [3.63, 3.8) is 0 Å². The van der Waals surface area contributed by atoms with Crippen LogP contribution in [0.25, 0.3) is 0 Å². The zero-order chi connectivity index (χ0) is 11.9. The molecule has 90 valence electrons. The SMILES string of the molecule is Cn1nnc(Br)c1S(=O)(=O)N1CC[C@H](N)C1. The fourth-order valence-corrected chi connectivity index (χ4v) is 4.23. The largest absolute Gasteiger partial charge is 0.326 e. The standard InChI is InChI=1S/C7H12BrN5O2S/c1-12-7(6(8)10-11-12)16(14,15)13-3-2-5(9)4-13/h5H,2-4,9H2,1H3/t5-/m0/s1. The van der Waals surface area contributed by atoms with Crippen molar-refractivity contribution in [2.45, 2.75) is 17.5 Å². The summed E-state index contributed by atoms with van der Waals surface area (Å²) in [5, 5.41) is 7.39. The molecule has 0 radical (unpaired) electrons. The van der Waals surface area contributed by atoms with Gasteiger partial charge >= 0.3 is 0 Å². The molecule has 2 heterocycles. The number of rotatable bonds is 2. The Balaban J connectivity index is 2.40. The van der Waals surface area contributed by atoms with Gasteiger partial charge in [-0.1, -0.05) is 5.21 Å². The number of aryl methyl sites for hydroxylation is 1. The number of hydrogen-bond donors (Lipinski definition) is 1. The van der Waals surface area contributed by atoms with Gasteiger partial charge in [0, 0.05) is 26.2 Å².